The van der Waals surface area contributed by atoms with Gasteiger partial charge in [0.15, 0.2) is 0 Å². The maximum Gasteiger partial charge on any atom is 0.240 e. The van der Waals surface area contributed by atoms with Gasteiger partial charge in [-0.15, -0.1) is 0 Å². The van der Waals surface area contributed by atoms with E-state index in [2.05, 4.69) is 10.0 Å². The van der Waals surface area contributed by atoms with Crippen LogP contribution in [-0.2, 0) is 10.0 Å². The molecule has 0 aliphatic carbocycles. The fourth-order valence-electron chi connectivity index (χ4n) is 2.57. The van der Waals surface area contributed by atoms with E-state index >= 15 is 0 Å². The van der Waals surface area contributed by atoms with Crippen LogP contribution in [0, 0.1) is 0 Å². The van der Waals surface area contributed by atoms with Crippen molar-refractivity contribution in [2.75, 3.05) is 13.1 Å². The van der Waals surface area contributed by atoms with Crippen LogP contribution in [0.4, 0.5) is 0 Å². The zero-order valence-electron chi connectivity index (χ0n) is 11.2. The van der Waals surface area contributed by atoms with E-state index in [9.17, 15) is 8.42 Å². The van der Waals surface area contributed by atoms with Gasteiger partial charge >= 0.3 is 0 Å². The number of sulfonamides is 1. The predicted octanol–water partition coefficient (Wildman–Crippen LogP) is 1.87. The lowest BCUT2D eigenvalue weighted by molar-refractivity contribution is 0.428. The summed E-state index contributed by atoms with van der Waals surface area (Å²) in [5.74, 6) is 0. The molecule has 2 aromatic rings. The number of hydrogen-bond donors (Lipinski definition) is 2. The molecule has 1 aliphatic heterocycles. The highest BCUT2D eigenvalue weighted by Crippen LogP contribution is 2.19. The van der Waals surface area contributed by atoms with Crippen LogP contribution in [0.1, 0.15) is 12.8 Å². The molecule has 1 saturated heterocycles. The number of rotatable bonds is 3. The van der Waals surface area contributed by atoms with Gasteiger partial charge in [0, 0.05) is 12.6 Å². The Morgan fingerprint density at radius 3 is 2.65 bits per heavy atom. The first-order chi connectivity index (χ1) is 9.65. The molecule has 2 aromatic carbocycles. The van der Waals surface area contributed by atoms with Gasteiger partial charge in [0.25, 0.3) is 0 Å². The summed E-state index contributed by atoms with van der Waals surface area (Å²) < 4.78 is 27.6. The standard InChI is InChI=1S/C15H18N2O2S/c18-20(19,17-14-6-3-9-16-11-14)15-8-7-12-4-1-2-5-13(12)10-15/h1-2,4-5,7-8,10,14,16-17H,3,6,9,11H2. The summed E-state index contributed by atoms with van der Waals surface area (Å²) in [5.41, 5.74) is 0. The third kappa shape index (κ3) is 2.85. The van der Waals surface area contributed by atoms with Crippen LogP contribution in [0.5, 0.6) is 0 Å². The van der Waals surface area contributed by atoms with Gasteiger partial charge in [-0.1, -0.05) is 30.3 Å². The van der Waals surface area contributed by atoms with E-state index in [-0.39, 0.29) is 6.04 Å². The average Bonchev–Trinajstić information content (AvgIpc) is 2.47. The molecule has 0 aromatic heterocycles. The molecule has 1 heterocycles. The van der Waals surface area contributed by atoms with Gasteiger partial charge in [-0.05, 0) is 42.3 Å². The molecule has 2 N–H and O–H groups in total. The molecule has 1 unspecified atom stereocenters. The summed E-state index contributed by atoms with van der Waals surface area (Å²) in [4.78, 5) is 0.335. The third-order valence-corrected chi connectivity index (χ3v) is 5.17. The maximum atomic E-state index is 12.4. The Morgan fingerprint density at radius 2 is 1.90 bits per heavy atom. The van der Waals surface area contributed by atoms with Gasteiger partial charge in [0.2, 0.25) is 10.0 Å². The minimum Gasteiger partial charge on any atom is -0.315 e. The van der Waals surface area contributed by atoms with Crippen molar-refractivity contribution in [3.05, 3.63) is 42.5 Å². The minimum atomic E-state index is -3.44. The molecule has 0 amide bonds. The number of piperidine rings is 1. The summed E-state index contributed by atoms with van der Waals surface area (Å²) in [6.07, 6.45) is 1.89. The van der Waals surface area contributed by atoms with Crippen molar-refractivity contribution >= 4 is 20.8 Å². The SMILES string of the molecule is O=S(=O)(NC1CCCNC1)c1ccc2ccccc2c1. The van der Waals surface area contributed by atoms with Crippen molar-refractivity contribution in [1.82, 2.24) is 10.0 Å². The normalized spacial score (nSPS) is 20.1. The monoisotopic (exact) mass is 290 g/mol. The molecule has 20 heavy (non-hydrogen) atoms. The number of hydrogen-bond acceptors (Lipinski definition) is 3. The Labute approximate surface area is 119 Å². The van der Waals surface area contributed by atoms with Gasteiger partial charge in [-0.3, -0.25) is 0 Å². The molecule has 1 fully saturated rings. The Balaban J connectivity index is 1.88. The van der Waals surface area contributed by atoms with E-state index in [0.717, 1.165) is 30.2 Å². The zero-order chi connectivity index (χ0) is 14.0. The third-order valence-electron chi connectivity index (χ3n) is 3.65. The molecule has 0 bridgehead atoms. The zero-order valence-corrected chi connectivity index (χ0v) is 12.0. The lowest BCUT2D eigenvalue weighted by atomic mass is 10.1. The Bertz CT molecular complexity index is 707. The molecular weight excluding hydrogens is 272 g/mol. The van der Waals surface area contributed by atoms with E-state index in [1.807, 2.05) is 30.3 Å². The smallest absolute Gasteiger partial charge is 0.240 e. The lowest BCUT2D eigenvalue weighted by Crippen LogP contribution is -2.45. The highest BCUT2D eigenvalue weighted by Gasteiger charge is 2.21. The fraction of sp³-hybridized carbons (Fsp3) is 0.333. The second-order valence-corrected chi connectivity index (χ2v) is 6.89. The molecule has 1 atom stereocenters. The molecule has 1 aliphatic rings. The van der Waals surface area contributed by atoms with Crippen molar-refractivity contribution in [1.29, 1.82) is 0 Å². The van der Waals surface area contributed by atoms with Crippen LogP contribution >= 0.6 is 0 Å². The first kappa shape index (κ1) is 13.5. The first-order valence-electron chi connectivity index (χ1n) is 6.87. The van der Waals surface area contributed by atoms with E-state index < -0.39 is 10.0 Å². The Morgan fingerprint density at radius 1 is 1.10 bits per heavy atom. The topological polar surface area (TPSA) is 58.2 Å². The van der Waals surface area contributed by atoms with Crippen molar-refractivity contribution in [2.24, 2.45) is 0 Å². The van der Waals surface area contributed by atoms with Crippen molar-refractivity contribution in [2.45, 2.75) is 23.8 Å². The summed E-state index contributed by atoms with van der Waals surface area (Å²) in [6, 6.07) is 13.0. The molecule has 5 heteroatoms. The molecule has 106 valence electrons. The largest absolute Gasteiger partial charge is 0.315 e. The lowest BCUT2D eigenvalue weighted by Gasteiger charge is -2.23. The van der Waals surface area contributed by atoms with Crippen molar-refractivity contribution in [3.8, 4) is 0 Å². The van der Waals surface area contributed by atoms with Gasteiger partial charge in [0.1, 0.15) is 0 Å². The highest BCUT2D eigenvalue weighted by molar-refractivity contribution is 7.89. The van der Waals surface area contributed by atoms with Gasteiger partial charge in [-0.25, -0.2) is 13.1 Å². The van der Waals surface area contributed by atoms with Crippen molar-refractivity contribution in [3.63, 3.8) is 0 Å². The van der Waals surface area contributed by atoms with Gasteiger partial charge in [0.05, 0.1) is 4.90 Å². The molecule has 4 nitrogen and oxygen atoms in total. The van der Waals surface area contributed by atoms with Gasteiger partial charge in [-0.2, -0.15) is 0 Å². The molecule has 0 saturated carbocycles. The number of nitrogens with one attached hydrogen (secondary N) is 2. The molecule has 3 rings (SSSR count). The van der Waals surface area contributed by atoms with Crippen LogP contribution in [0.3, 0.4) is 0 Å². The predicted molar refractivity (Wildman–Crippen MR) is 80.2 cm³/mol. The van der Waals surface area contributed by atoms with Gasteiger partial charge < -0.3 is 5.32 Å². The molecule has 0 spiro atoms. The quantitative estimate of drug-likeness (QED) is 0.907. The van der Waals surface area contributed by atoms with Crippen LogP contribution < -0.4 is 10.0 Å². The number of fused-ring (bicyclic) bond motifs is 1. The summed E-state index contributed by atoms with van der Waals surface area (Å²) in [5, 5.41) is 5.20. The second-order valence-electron chi connectivity index (χ2n) is 5.17. The van der Waals surface area contributed by atoms with Crippen LogP contribution in [0.25, 0.3) is 10.8 Å². The van der Waals surface area contributed by atoms with Crippen molar-refractivity contribution < 1.29 is 8.42 Å². The minimum absolute atomic E-state index is 0.0137. The first-order valence-corrected chi connectivity index (χ1v) is 8.35. The second kappa shape index (κ2) is 5.52. The van der Waals surface area contributed by atoms with E-state index in [4.69, 9.17) is 0 Å². The van der Waals surface area contributed by atoms with Crippen LogP contribution in [0.15, 0.2) is 47.4 Å². The fourth-order valence-corrected chi connectivity index (χ4v) is 3.88. The molecular formula is C15H18N2O2S. The summed E-state index contributed by atoms with van der Waals surface area (Å²) in [7, 11) is -3.44. The van der Waals surface area contributed by atoms with E-state index in [0.29, 0.717) is 11.4 Å². The van der Waals surface area contributed by atoms with Crippen LogP contribution in [-0.4, -0.2) is 27.5 Å². The summed E-state index contributed by atoms with van der Waals surface area (Å²) in [6.45, 7) is 1.67. The molecule has 0 radical (unpaired) electrons. The van der Waals surface area contributed by atoms with E-state index in [1.165, 1.54) is 0 Å². The summed E-state index contributed by atoms with van der Waals surface area (Å²) >= 11 is 0. The number of benzene rings is 2. The average molecular weight is 290 g/mol. The Kier molecular flexibility index (Phi) is 3.74. The van der Waals surface area contributed by atoms with Crippen LogP contribution in [0.2, 0.25) is 0 Å². The Hall–Kier alpha value is -1.43. The maximum absolute atomic E-state index is 12.4. The highest BCUT2D eigenvalue weighted by atomic mass is 32.2. The van der Waals surface area contributed by atoms with E-state index in [1.54, 1.807) is 12.1 Å².